The van der Waals surface area contributed by atoms with E-state index in [0.717, 1.165) is 0 Å². The molecule has 20 heavy (non-hydrogen) atoms. The summed E-state index contributed by atoms with van der Waals surface area (Å²) in [6.07, 6.45) is 0. The Labute approximate surface area is 128 Å². The highest BCUT2D eigenvalue weighted by molar-refractivity contribution is 9.10. The normalized spacial score (nSPS) is 10.2. The van der Waals surface area contributed by atoms with Crippen molar-refractivity contribution in [2.75, 3.05) is 12.4 Å². The zero-order valence-corrected chi connectivity index (χ0v) is 12.8. The van der Waals surface area contributed by atoms with Gasteiger partial charge in [-0.2, -0.15) is 0 Å². The van der Waals surface area contributed by atoms with Crippen molar-refractivity contribution in [3.8, 4) is 5.75 Å². The van der Waals surface area contributed by atoms with Crippen molar-refractivity contribution in [2.24, 2.45) is 0 Å². The van der Waals surface area contributed by atoms with E-state index in [0.29, 0.717) is 21.5 Å². The van der Waals surface area contributed by atoms with E-state index in [1.54, 1.807) is 18.2 Å². The minimum absolute atomic E-state index is 0.00944. The fraction of sp³-hybridized carbons (Fsp3) is 0.0714. The Morgan fingerprint density at radius 2 is 2.05 bits per heavy atom. The Kier molecular flexibility index (Phi) is 4.62. The van der Waals surface area contributed by atoms with Crippen molar-refractivity contribution < 1.29 is 13.9 Å². The van der Waals surface area contributed by atoms with E-state index >= 15 is 0 Å². The lowest BCUT2D eigenvalue weighted by Crippen LogP contribution is -2.12. The Bertz CT molecular complexity index is 664. The molecule has 2 aromatic carbocycles. The minimum atomic E-state index is -0.583. The molecule has 0 spiro atoms. The first-order valence-electron chi connectivity index (χ1n) is 5.61. The number of benzene rings is 2. The summed E-state index contributed by atoms with van der Waals surface area (Å²) < 4.78 is 19.0. The van der Waals surface area contributed by atoms with Crippen molar-refractivity contribution >= 4 is 39.1 Å². The standard InChI is InChI=1S/C14H10BrClFNO2/c1-20-13-5-2-8(6-10(13)15)14(19)18-9-3-4-11(16)12(17)7-9/h2-7H,1H3,(H,18,19). The molecule has 0 fully saturated rings. The summed E-state index contributed by atoms with van der Waals surface area (Å²) in [6, 6.07) is 8.99. The Morgan fingerprint density at radius 1 is 1.30 bits per heavy atom. The van der Waals surface area contributed by atoms with Gasteiger partial charge in [0.25, 0.3) is 5.91 Å². The zero-order valence-electron chi connectivity index (χ0n) is 10.4. The lowest BCUT2D eigenvalue weighted by molar-refractivity contribution is 0.102. The molecular weight excluding hydrogens is 349 g/mol. The summed E-state index contributed by atoms with van der Waals surface area (Å²) in [7, 11) is 1.54. The monoisotopic (exact) mass is 357 g/mol. The molecule has 104 valence electrons. The van der Waals surface area contributed by atoms with Gasteiger partial charge in [0.05, 0.1) is 16.6 Å². The molecule has 6 heteroatoms. The molecular formula is C14H10BrClFNO2. The van der Waals surface area contributed by atoms with Gasteiger partial charge in [0.15, 0.2) is 0 Å². The van der Waals surface area contributed by atoms with Gasteiger partial charge in [0, 0.05) is 11.3 Å². The second kappa shape index (κ2) is 6.24. The average molecular weight is 359 g/mol. The lowest BCUT2D eigenvalue weighted by atomic mass is 10.2. The van der Waals surface area contributed by atoms with Crippen LogP contribution in [0.1, 0.15) is 10.4 Å². The van der Waals surface area contributed by atoms with Gasteiger partial charge in [0.2, 0.25) is 0 Å². The fourth-order valence-electron chi connectivity index (χ4n) is 1.58. The number of anilines is 1. The van der Waals surface area contributed by atoms with E-state index in [9.17, 15) is 9.18 Å². The highest BCUT2D eigenvalue weighted by Crippen LogP contribution is 2.26. The summed E-state index contributed by atoms with van der Waals surface area (Å²) in [6.45, 7) is 0. The predicted octanol–water partition coefficient (Wildman–Crippen LogP) is 4.50. The zero-order chi connectivity index (χ0) is 14.7. The second-order valence-corrected chi connectivity index (χ2v) is 5.19. The van der Waals surface area contributed by atoms with Crippen LogP contribution in [-0.4, -0.2) is 13.0 Å². The maximum absolute atomic E-state index is 13.3. The quantitative estimate of drug-likeness (QED) is 0.877. The highest BCUT2D eigenvalue weighted by atomic mass is 79.9. The maximum atomic E-state index is 13.3. The van der Waals surface area contributed by atoms with E-state index in [-0.39, 0.29) is 10.9 Å². The van der Waals surface area contributed by atoms with E-state index in [4.69, 9.17) is 16.3 Å². The SMILES string of the molecule is COc1ccc(C(=O)Nc2ccc(Cl)c(F)c2)cc1Br. The second-order valence-electron chi connectivity index (χ2n) is 3.93. The Hall–Kier alpha value is -1.59. The van der Waals surface area contributed by atoms with Gasteiger partial charge in [-0.1, -0.05) is 11.6 Å². The molecule has 0 aliphatic rings. The molecule has 0 aliphatic carbocycles. The molecule has 3 nitrogen and oxygen atoms in total. The Morgan fingerprint density at radius 3 is 2.65 bits per heavy atom. The molecule has 1 amide bonds. The van der Waals surface area contributed by atoms with Gasteiger partial charge in [-0.05, 0) is 52.3 Å². The van der Waals surface area contributed by atoms with Crippen molar-refractivity contribution in [2.45, 2.75) is 0 Å². The number of hydrogen-bond donors (Lipinski definition) is 1. The first kappa shape index (κ1) is 14.8. The van der Waals surface area contributed by atoms with Crippen LogP contribution >= 0.6 is 27.5 Å². The van der Waals surface area contributed by atoms with Crippen LogP contribution in [0.2, 0.25) is 5.02 Å². The molecule has 0 aromatic heterocycles. The molecule has 0 unspecified atom stereocenters. The molecule has 2 aromatic rings. The van der Waals surface area contributed by atoms with Crippen LogP contribution in [0.15, 0.2) is 40.9 Å². The van der Waals surface area contributed by atoms with Crippen molar-refractivity contribution in [1.29, 1.82) is 0 Å². The first-order valence-corrected chi connectivity index (χ1v) is 6.78. The van der Waals surface area contributed by atoms with Gasteiger partial charge < -0.3 is 10.1 Å². The number of carbonyl (C=O) groups is 1. The van der Waals surface area contributed by atoms with E-state index in [2.05, 4.69) is 21.2 Å². The van der Waals surface area contributed by atoms with Crippen LogP contribution < -0.4 is 10.1 Å². The first-order chi connectivity index (χ1) is 9.51. The largest absolute Gasteiger partial charge is 0.496 e. The van der Waals surface area contributed by atoms with Crippen molar-refractivity contribution in [3.63, 3.8) is 0 Å². The summed E-state index contributed by atoms with van der Waals surface area (Å²) in [4.78, 5) is 12.0. The summed E-state index contributed by atoms with van der Waals surface area (Å²) in [5.41, 5.74) is 0.761. The highest BCUT2D eigenvalue weighted by Gasteiger charge is 2.10. The van der Waals surface area contributed by atoms with Crippen LogP contribution in [0.3, 0.4) is 0 Å². The summed E-state index contributed by atoms with van der Waals surface area (Å²) in [5.74, 6) is -0.311. The molecule has 0 radical (unpaired) electrons. The molecule has 2 rings (SSSR count). The fourth-order valence-corrected chi connectivity index (χ4v) is 2.24. The van der Waals surface area contributed by atoms with Gasteiger partial charge in [-0.3, -0.25) is 4.79 Å². The number of carbonyl (C=O) groups excluding carboxylic acids is 1. The molecule has 0 heterocycles. The molecule has 0 bridgehead atoms. The average Bonchev–Trinajstić information content (AvgIpc) is 2.42. The summed E-state index contributed by atoms with van der Waals surface area (Å²) >= 11 is 8.88. The van der Waals surface area contributed by atoms with Crippen LogP contribution in [0.4, 0.5) is 10.1 Å². The van der Waals surface area contributed by atoms with Crippen molar-refractivity contribution in [3.05, 3.63) is 57.3 Å². The van der Waals surface area contributed by atoms with Gasteiger partial charge in [-0.15, -0.1) is 0 Å². The smallest absolute Gasteiger partial charge is 0.255 e. The number of hydrogen-bond acceptors (Lipinski definition) is 2. The van der Waals surface area contributed by atoms with Crippen molar-refractivity contribution in [1.82, 2.24) is 0 Å². The topological polar surface area (TPSA) is 38.3 Å². The van der Waals surface area contributed by atoms with Crippen LogP contribution in [0.5, 0.6) is 5.75 Å². The molecule has 0 saturated carbocycles. The summed E-state index contributed by atoms with van der Waals surface area (Å²) in [5, 5.41) is 2.60. The number of amides is 1. The molecule has 0 atom stereocenters. The third kappa shape index (κ3) is 3.29. The van der Waals surface area contributed by atoms with Crippen LogP contribution in [0, 0.1) is 5.82 Å². The van der Waals surface area contributed by atoms with Crippen LogP contribution in [0.25, 0.3) is 0 Å². The molecule has 1 N–H and O–H groups in total. The number of halogens is 3. The Balaban J connectivity index is 2.19. The number of rotatable bonds is 3. The van der Waals surface area contributed by atoms with E-state index in [1.165, 1.54) is 25.3 Å². The van der Waals surface area contributed by atoms with Gasteiger partial charge >= 0.3 is 0 Å². The lowest BCUT2D eigenvalue weighted by Gasteiger charge is -2.08. The minimum Gasteiger partial charge on any atom is -0.496 e. The maximum Gasteiger partial charge on any atom is 0.255 e. The molecule has 0 aliphatic heterocycles. The third-order valence-electron chi connectivity index (χ3n) is 2.59. The molecule has 0 saturated heterocycles. The van der Waals surface area contributed by atoms with Gasteiger partial charge in [-0.25, -0.2) is 4.39 Å². The third-order valence-corrected chi connectivity index (χ3v) is 3.52. The number of nitrogens with one attached hydrogen (secondary N) is 1. The van der Waals surface area contributed by atoms with Gasteiger partial charge in [0.1, 0.15) is 11.6 Å². The van der Waals surface area contributed by atoms with E-state index in [1.807, 2.05) is 0 Å². The number of ether oxygens (including phenoxy) is 1. The van der Waals surface area contributed by atoms with E-state index < -0.39 is 5.82 Å². The van der Waals surface area contributed by atoms with Crippen LogP contribution in [-0.2, 0) is 0 Å². The predicted molar refractivity (Wildman–Crippen MR) is 80.1 cm³/mol. The number of methoxy groups -OCH3 is 1.